The van der Waals surface area contributed by atoms with E-state index in [0.29, 0.717) is 35.4 Å². The Morgan fingerprint density at radius 1 is 0.808 bits per heavy atom. The summed E-state index contributed by atoms with van der Waals surface area (Å²) < 4.78 is 28.7. The number of rotatable bonds is 8. The SMILES string of the molecule is ON=C(c1c(O)cc(O)cc1Cl)C12CC3CC(CC(C3)C1)C2.c1cc(OC2CCCCO2)ccc1Cc1noc2cc(OC3CCCCO3)ccc12. The molecule has 10 nitrogen and oxygen atoms in total. The van der Waals surface area contributed by atoms with E-state index in [4.69, 9.17) is 35.1 Å². The van der Waals surface area contributed by atoms with Crippen molar-refractivity contribution < 1.29 is 38.9 Å². The number of oxime groups is 1. The molecule has 276 valence electrons. The van der Waals surface area contributed by atoms with Crippen LogP contribution in [0.5, 0.6) is 23.0 Å². The number of phenols is 2. The van der Waals surface area contributed by atoms with Gasteiger partial charge in [-0.3, -0.25) is 0 Å². The van der Waals surface area contributed by atoms with Crippen LogP contribution < -0.4 is 9.47 Å². The number of nitrogens with zero attached hydrogens (tertiary/aromatic N) is 2. The Kier molecular flexibility index (Phi) is 10.2. The molecule has 2 unspecified atom stereocenters. The maximum Gasteiger partial charge on any atom is 0.199 e. The van der Waals surface area contributed by atoms with Crippen LogP contribution in [0.1, 0.15) is 93.9 Å². The van der Waals surface area contributed by atoms with Crippen LogP contribution in [0.25, 0.3) is 11.0 Å². The topological polar surface area (TPSA) is 136 Å². The lowest BCUT2D eigenvalue weighted by molar-refractivity contribution is -0.106. The highest BCUT2D eigenvalue weighted by molar-refractivity contribution is 6.35. The van der Waals surface area contributed by atoms with Crippen LogP contribution in [0.2, 0.25) is 5.02 Å². The smallest absolute Gasteiger partial charge is 0.199 e. The van der Waals surface area contributed by atoms with Crippen molar-refractivity contribution in [3.63, 3.8) is 0 Å². The van der Waals surface area contributed by atoms with Crippen LogP contribution in [0, 0.1) is 23.2 Å². The standard InChI is InChI=1S/C24H27NO5.C17H20ClNO3/c1-3-13-26-23(5-1)28-18-9-7-17(8-10-18)15-21-20-12-11-19(16-22(20)30-25-21)29-24-6-2-4-14-27-24;18-13-4-12(20)5-14(21)15(13)16(19-22)17-6-9-1-10(7-17)3-11(2-9)8-17/h7-12,16,23-24H,1-6,13-15H2;4-5,9-11,20-22H,1-3,6-8H2. The summed E-state index contributed by atoms with van der Waals surface area (Å²) >= 11 is 6.24. The Morgan fingerprint density at radius 3 is 2.00 bits per heavy atom. The average molecular weight is 731 g/mol. The fourth-order valence-corrected chi connectivity index (χ4v) is 9.89. The van der Waals surface area contributed by atoms with Gasteiger partial charge in [0.25, 0.3) is 0 Å². The third kappa shape index (κ3) is 7.56. The lowest BCUT2D eigenvalue weighted by atomic mass is 9.48. The van der Waals surface area contributed by atoms with Gasteiger partial charge in [0.15, 0.2) is 18.2 Å². The molecule has 11 heteroatoms. The van der Waals surface area contributed by atoms with E-state index in [1.54, 1.807) is 0 Å². The fraction of sp³-hybridized carbons (Fsp3) is 0.512. The van der Waals surface area contributed by atoms with Crippen LogP contribution in [-0.2, 0) is 15.9 Å². The van der Waals surface area contributed by atoms with E-state index in [1.165, 1.54) is 31.4 Å². The Bertz CT molecular complexity index is 1820. The molecule has 52 heavy (non-hydrogen) atoms. The van der Waals surface area contributed by atoms with Crippen LogP contribution in [0.15, 0.2) is 64.3 Å². The number of ether oxygens (including phenoxy) is 4. The number of aromatic nitrogens is 1. The molecule has 0 spiro atoms. The van der Waals surface area contributed by atoms with Crippen LogP contribution in [-0.4, -0.2) is 52.1 Å². The molecule has 4 aromatic rings. The van der Waals surface area contributed by atoms with Crippen molar-refractivity contribution in [1.29, 1.82) is 0 Å². The summed E-state index contributed by atoms with van der Waals surface area (Å²) in [4.78, 5) is 0. The Hall–Kier alpha value is -3.99. The fourth-order valence-electron chi connectivity index (χ4n) is 9.60. The van der Waals surface area contributed by atoms with Gasteiger partial charge < -0.3 is 38.9 Å². The number of hydrogen-bond donors (Lipinski definition) is 3. The molecule has 0 amide bonds. The van der Waals surface area contributed by atoms with Crippen molar-refractivity contribution in [3.8, 4) is 23.0 Å². The first-order valence-electron chi connectivity index (χ1n) is 18.8. The van der Waals surface area contributed by atoms with E-state index in [9.17, 15) is 15.4 Å². The normalized spacial score (nSPS) is 28.3. The van der Waals surface area contributed by atoms with Crippen molar-refractivity contribution in [1.82, 2.24) is 5.16 Å². The molecule has 4 aliphatic carbocycles. The van der Waals surface area contributed by atoms with E-state index in [-0.39, 0.29) is 34.5 Å². The molecule has 3 aromatic carbocycles. The Labute approximate surface area is 308 Å². The second-order valence-corrected chi connectivity index (χ2v) is 15.8. The van der Waals surface area contributed by atoms with Gasteiger partial charge in [0.05, 0.1) is 35.2 Å². The molecule has 10 rings (SSSR count). The molecule has 4 bridgehead atoms. The minimum absolute atomic E-state index is 0.0888. The van der Waals surface area contributed by atoms with Gasteiger partial charge in [0.2, 0.25) is 0 Å². The number of benzene rings is 3. The van der Waals surface area contributed by atoms with Crippen molar-refractivity contribution in [2.24, 2.45) is 28.3 Å². The first kappa shape index (κ1) is 35.1. The summed E-state index contributed by atoms with van der Waals surface area (Å²) in [5.74, 6) is 3.47. The molecule has 6 fully saturated rings. The second-order valence-electron chi connectivity index (χ2n) is 15.4. The molecule has 0 radical (unpaired) electrons. The zero-order chi connectivity index (χ0) is 35.7. The predicted octanol–water partition coefficient (Wildman–Crippen LogP) is 9.38. The molecule has 2 atom stereocenters. The summed E-state index contributed by atoms with van der Waals surface area (Å²) in [6, 6.07) is 16.6. The molecule has 2 saturated heterocycles. The van der Waals surface area contributed by atoms with Crippen LogP contribution in [0.3, 0.4) is 0 Å². The average Bonchev–Trinajstić information content (AvgIpc) is 3.52. The highest BCUT2D eigenvalue weighted by Gasteiger charge is 2.54. The van der Waals surface area contributed by atoms with E-state index in [2.05, 4.69) is 22.4 Å². The van der Waals surface area contributed by atoms with Gasteiger partial charge in [0, 0.05) is 42.2 Å². The number of aromatic hydroxyl groups is 2. The van der Waals surface area contributed by atoms with E-state index in [0.717, 1.165) is 105 Å². The number of fused-ring (bicyclic) bond motifs is 1. The summed E-state index contributed by atoms with van der Waals surface area (Å²) in [5.41, 5.74) is 3.50. The summed E-state index contributed by atoms with van der Waals surface area (Å²) in [5, 5.41) is 38.6. The highest BCUT2D eigenvalue weighted by Crippen LogP contribution is 2.61. The first-order valence-corrected chi connectivity index (χ1v) is 19.2. The van der Waals surface area contributed by atoms with Gasteiger partial charge in [-0.1, -0.05) is 34.0 Å². The van der Waals surface area contributed by atoms with E-state index in [1.807, 2.05) is 30.3 Å². The van der Waals surface area contributed by atoms with Gasteiger partial charge >= 0.3 is 0 Å². The van der Waals surface area contributed by atoms with Crippen molar-refractivity contribution in [2.45, 2.75) is 96.1 Å². The Balaban J connectivity index is 0.000000156. The molecule has 4 saturated carbocycles. The largest absolute Gasteiger partial charge is 0.508 e. The molecule has 3 N–H and O–H groups in total. The number of hydrogen-bond acceptors (Lipinski definition) is 10. The van der Waals surface area contributed by atoms with Gasteiger partial charge in [-0.2, -0.15) is 0 Å². The summed E-state index contributed by atoms with van der Waals surface area (Å²) in [6.07, 6.45) is 13.7. The third-order valence-corrected chi connectivity index (χ3v) is 11.9. The van der Waals surface area contributed by atoms with Gasteiger partial charge in [-0.05, 0) is 118 Å². The molecular weight excluding hydrogens is 684 g/mol. The maximum atomic E-state index is 10.2. The highest BCUT2D eigenvalue weighted by atomic mass is 35.5. The second kappa shape index (κ2) is 15.2. The third-order valence-electron chi connectivity index (χ3n) is 11.6. The minimum atomic E-state index is -0.179. The zero-order valence-corrected chi connectivity index (χ0v) is 30.1. The molecular formula is C41H47ClN2O8. The Morgan fingerprint density at radius 2 is 1.42 bits per heavy atom. The van der Waals surface area contributed by atoms with Crippen molar-refractivity contribution >= 4 is 28.3 Å². The van der Waals surface area contributed by atoms with Crippen molar-refractivity contribution in [3.05, 3.63) is 76.4 Å². The monoisotopic (exact) mass is 730 g/mol. The van der Waals surface area contributed by atoms with Gasteiger partial charge in [-0.15, -0.1) is 0 Å². The molecule has 6 aliphatic rings. The summed E-state index contributed by atoms with van der Waals surface area (Å²) in [6.45, 7) is 1.54. The molecule has 1 aromatic heterocycles. The molecule has 2 aliphatic heterocycles. The van der Waals surface area contributed by atoms with E-state index >= 15 is 0 Å². The van der Waals surface area contributed by atoms with Gasteiger partial charge in [0.1, 0.15) is 23.0 Å². The first-order chi connectivity index (χ1) is 25.3. The maximum absolute atomic E-state index is 10.2. The zero-order valence-electron chi connectivity index (χ0n) is 29.3. The number of phenolic OH excluding ortho intramolecular Hbond substituents is 2. The van der Waals surface area contributed by atoms with Crippen molar-refractivity contribution in [2.75, 3.05) is 13.2 Å². The van der Waals surface area contributed by atoms with Gasteiger partial charge in [-0.25, -0.2) is 0 Å². The van der Waals surface area contributed by atoms with Crippen LogP contribution in [0.4, 0.5) is 0 Å². The quantitative estimate of drug-likeness (QED) is 0.0920. The summed E-state index contributed by atoms with van der Waals surface area (Å²) in [7, 11) is 0. The number of halogens is 1. The molecule has 3 heterocycles. The predicted molar refractivity (Wildman–Crippen MR) is 195 cm³/mol. The lowest BCUT2D eigenvalue weighted by Gasteiger charge is -2.56. The minimum Gasteiger partial charge on any atom is -0.508 e. The lowest BCUT2D eigenvalue weighted by Crippen LogP contribution is -2.50. The van der Waals surface area contributed by atoms with Crippen LogP contribution >= 0.6 is 11.6 Å². The van der Waals surface area contributed by atoms with E-state index < -0.39 is 0 Å².